The van der Waals surface area contributed by atoms with E-state index in [1.807, 2.05) is 0 Å². The maximum Gasteiger partial charge on any atom is 0.335 e. The minimum absolute atomic E-state index is 0.583. The van der Waals surface area contributed by atoms with Crippen LogP contribution in [0.15, 0.2) is 0 Å². The standard InChI is InChI=1S/C4H6O6.C3H9N/c5-1(3(7)8)2(6)4(9)10;1-3(2)4/h1-2,5-6H,(H,7,8)(H,9,10);3H,4H2,1-2H3/t1-,2-;/m0./s1. The molecule has 0 amide bonds. The summed E-state index contributed by atoms with van der Waals surface area (Å²) in [6.07, 6.45) is -4.71. The molecule has 0 bridgehead atoms. The van der Waals surface area contributed by atoms with Crippen LogP contribution in [-0.4, -0.2) is 45.5 Å². The van der Waals surface area contributed by atoms with Gasteiger partial charge in [0, 0.05) is 0 Å². The zero-order valence-corrected chi connectivity index (χ0v) is 8.01. The molecule has 7 nitrogen and oxygen atoms in total. The van der Waals surface area contributed by atoms with Crippen molar-refractivity contribution in [3.05, 3.63) is 0 Å². The number of quaternary nitrogens is 1. The van der Waals surface area contributed by atoms with Gasteiger partial charge < -0.3 is 31.0 Å². The van der Waals surface area contributed by atoms with Gasteiger partial charge in [0.1, 0.15) is 6.10 Å². The molecule has 0 fully saturated rings. The average molecular weight is 209 g/mol. The van der Waals surface area contributed by atoms with E-state index in [0.29, 0.717) is 6.04 Å². The molecule has 0 aliphatic heterocycles. The maximum absolute atomic E-state index is 9.74. The highest BCUT2D eigenvalue weighted by Crippen LogP contribution is 1.90. The van der Waals surface area contributed by atoms with Crippen molar-refractivity contribution >= 4 is 11.9 Å². The molecule has 0 aromatic heterocycles. The SMILES string of the molecule is CC(C)[NH3+].O=C([O-])[C@@H](O)[C@H](O)C(=O)O. The second-order valence-corrected chi connectivity index (χ2v) is 2.94. The predicted octanol–water partition coefficient (Wildman–Crippen LogP) is -3.82. The lowest BCUT2D eigenvalue weighted by atomic mass is 10.2. The van der Waals surface area contributed by atoms with E-state index in [1.165, 1.54) is 0 Å². The molecule has 0 aromatic rings. The van der Waals surface area contributed by atoms with Crippen LogP contribution >= 0.6 is 0 Å². The van der Waals surface area contributed by atoms with Gasteiger partial charge >= 0.3 is 5.97 Å². The molecule has 2 atom stereocenters. The second kappa shape index (κ2) is 7.25. The van der Waals surface area contributed by atoms with Crippen LogP contribution in [0, 0.1) is 0 Å². The van der Waals surface area contributed by atoms with Crippen LogP contribution in [0.4, 0.5) is 0 Å². The summed E-state index contributed by atoms with van der Waals surface area (Å²) in [7, 11) is 0. The van der Waals surface area contributed by atoms with Crippen molar-refractivity contribution in [2.75, 3.05) is 0 Å². The second-order valence-electron chi connectivity index (χ2n) is 2.94. The van der Waals surface area contributed by atoms with Gasteiger partial charge in [-0.05, 0) is 13.8 Å². The van der Waals surface area contributed by atoms with Gasteiger partial charge in [-0.25, -0.2) is 4.79 Å². The first kappa shape index (κ1) is 15.3. The summed E-state index contributed by atoms with van der Waals surface area (Å²) in [5.41, 5.74) is 3.64. The number of carbonyl (C=O) groups is 2. The number of carbonyl (C=O) groups excluding carboxylic acids is 1. The van der Waals surface area contributed by atoms with Crippen LogP contribution in [0.25, 0.3) is 0 Å². The van der Waals surface area contributed by atoms with Crippen molar-refractivity contribution in [2.45, 2.75) is 32.1 Å². The van der Waals surface area contributed by atoms with Crippen molar-refractivity contribution in [3.8, 4) is 0 Å². The fraction of sp³-hybridized carbons (Fsp3) is 0.714. The van der Waals surface area contributed by atoms with Crippen molar-refractivity contribution in [1.82, 2.24) is 0 Å². The number of aliphatic hydroxyl groups excluding tert-OH is 2. The molecule has 0 radical (unpaired) electrons. The monoisotopic (exact) mass is 209 g/mol. The number of hydrogen-bond acceptors (Lipinski definition) is 5. The van der Waals surface area contributed by atoms with Gasteiger partial charge in [0.2, 0.25) is 0 Å². The normalized spacial score (nSPS) is 13.9. The molecule has 0 saturated carbocycles. The zero-order chi connectivity index (χ0) is 11.9. The number of carboxylic acid groups (broad SMARTS) is 2. The summed E-state index contributed by atoms with van der Waals surface area (Å²) in [4.78, 5) is 19.4. The van der Waals surface area contributed by atoms with E-state index in [4.69, 9.17) is 15.3 Å². The van der Waals surface area contributed by atoms with E-state index < -0.39 is 24.1 Å². The highest BCUT2D eigenvalue weighted by Gasteiger charge is 2.23. The Balaban J connectivity index is 0. The molecular weight excluding hydrogens is 194 g/mol. The quantitative estimate of drug-likeness (QED) is 0.374. The van der Waals surface area contributed by atoms with E-state index in [9.17, 15) is 14.7 Å². The summed E-state index contributed by atoms with van der Waals surface area (Å²) < 4.78 is 0. The summed E-state index contributed by atoms with van der Waals surface area (Å²) in [6.45, 7) is 4.11. The Morgan fingerprint density at radius 1 is 1.21 bits per heavy atom. The first-order chi connectivity index (χ1) is 6.20. The number of aliphatic carboxylic acids is 2. The zero-order valence-electron chi connectivity index (χ0n) is 8.01. The smallest absolute Gasteiger partial charge is 0.335 e. The largest absolute Gasteiger partial charge is 0.547 e. The third-order valence-corrected chi connectivity index (χ3v) is 0.794. The fourth-order valence-electron chi connectivity index (χ4n) is 0.264. The van der Waals surface area contributed by atoms with Gasteiger partial charge in [-0.15, -0.1) is 0 Å². The summed E-state index contributed by atoms with van der Waals surface area (Å²) in [5.74, 6) is -3.83. The first-order valence-corrected chi connectivity index (χ1v) is 3.83. The van der Waals surface area contributed by atoms with E-state index in [0.717, 1.165) is 0 Å². The van der Waals surface area contributed by atoms with Gasteiger partial charge in [-0.3, -0.25) is 0 Å². The van der Waals surface area contributed by atoms with Crippen molar-refractivity contribution < 1.29 is 35.7 Å². The van der Waals surface area contributed by atoms with Gasteiger partial charge in [0.05, 0.1) is 12.0 Å². The molecule has 0 spiro atoms. The molecule has 84 valence electrons. The highest BCUT2D eigenvalue weighted by atomic mass is 16.4. The lowest BCUT2D eigenvalue weighted by Gasteiger charge is -2.13. The maximum atomic E-state index is 9.74. The molecule has 0 aliphatic rings. The molecule has 0 rings (SSSR count). The van der Waals surface area contributed by atoms with Gasteiger partial charge in [0.25, 0.3) is 0 Å². The van der Waals surface area contributed by atoms with Gasteiger partial charge in [0.15, 0.2) is 6.10 Å². The van der Waals surface area contributed by atoms with Gasteiger partial charge in [-0.1, -0.05) is 0 Å². The van der Waals surface area contributed by atoms with Gasteiger partial charge in [-0.2, -0.15) is 0 Å². The molecule has 14 heavy (non-hydrogen) atoms. The summed E-state index contributed by atoms with van der Waals surface area (Å²) in [5, 5.41) is 34.1. The lowest BCUT2D eigenvalue weighted by Crippen LogP contribution is -2.57. The van der Waals surface area contributed by atoms with E-state index >= 15 is 0 Å². The van der Waals surface area contributed by atoms with E-state index in [-0.39, 0.29) is 0 Å². The highest BCUT2D eigenvalue weighted by molar-refractivity contribution is 5.81. The van der Waals surface area contributed by atoms with E-state index in [2.05, 4.69) is 19.6 Å². The minimum atomic E-state index is -2.38. The number of rotatable bonds is 3. The van der Waals surface area contributed by atoms with Crippen LogP contribution < -0.4 is 10.8 Å². The Bertz CT molecular complexity index is 172. The fourth-order valence-corrected chi connectivity index (χ4v) is 0.264. The predicted molar refractivity (Wildman–Crippen MR) is 42.7 cm³/mol. The molecule has 0 heterocycles. The van der Waals surface area contributed by atoms with Crippen molar-refractivity contribution in [2.24, 2.45) is 0 Å². The van der Waals surface area contributed by atoms with Crippen LogP contribution in [0.2, 0.25) is 0 Å². The average Bonchev–Trinajstić information content (AvgIpc) is 2.00. The number of carboxylic acids is 2. The molecular formula is C7H15NO6. The Hall–Kier alpha value is -1.18. The summed E-state index contributed by atoms with van der Waals surface area (Å²) in [6, 6.07) is 0.583. The third kappa shape index (κ3) is 8.91. The molecule has 0 aliphatic carbocycles. The van der Waals surface area contributed by atoms with Crippen LogP contribution in [0.5, 0.6) is 0 Å². The Morgan fingerprint density at radius 2 is 1.50 bits per heavy atom. The first-order valence-electron chi connectivity index (χ1n) is 3.83. The topological polar surface area (TPSA) is 146 Å². The lowest BCUT2D eigenvalue weighted by molar-refractivity contribution is -0.407. The molecule has 0 saturated heterocycles. The van der Waals surface area contributed by atoms with Crippen molar-refractivity contribution in [1.29, 1.82) is 0 Å². The van der Waals surface area contributed by atoms with Crippen LogP contribution in [0.3, 0.4) is 0 Å². The molecule has 0 unspecified atom stereocenters. The van der Waals surface area contributed by atoms with Crippen LogP contribution in [0.1, 0.15) is 13.8 Å². The Morgan fingerprint density at radius 3 is 1.57 bits per heavy atom. The minimum Gasteiger partial charge on any atom is -0.547 e. The Labute approximate surface area is 80.8 Å². The molecule has 7 heteroatoms. The molecule has 6 N–H and O–H groups in total. The molecule has 0 aromatic carbocycles. The number of hydrogen-bond donors (Lipinski definition) is 4. The Kier molecular flexibility index (Phi) is 7.92. The number of aliphatic hydroxyl groups is 2. The van der Waals surface area contributed by atoms with E-state index in [1.54, 1.807) is 0 Å². The summed E-state index contributed by atoms with van der Waals surface area (Å²) >= 11 is 0. The van der Waals surface area contributed by atoms with Crippen LogP contribution in [-0.2, 0) is 9.59 Å². The van der Waals surface area contributed by atoms with Crippen molar-refractivity contribution in [3.63, 3.8) is 0 Å². The third-order valence-electron chi connectivity index (χ3n) is 0.794.